The van der Waals surface area contributed by atoms with Gasteiger partial charge in [-0.15, -0.1) is 0 Å². The molecule has 1 aliphatic heterocycles. The van der Waals surface area contributed by atoms with E-state index in [0.717, 1.165) is 48.2 Å². The van der Waals surface area contributed by atoms with Crippen LogP contribution in [0.15, 0.2) is 62.9 Å². The van der Waals surface area contributed by atoms with Crippen molar-refractivity contribution in [2.24, 2.45) is 9.98 Å². The average molecular weight is 558 g/mol. The van der Waals surface area contributed by atoms with Crippen molar-refractivity contribution in [1.82, 2.24) is 4.58 Å². The molecule has 7 nitrogen and oxygen atoms in total. The van der Waals surface area contributed by atoms with Gasteiger partial charge in [-0.1, -0.05) is 6.07 Å². The van der Waals surface area contributed by atoms with Crippen LogP contribution in [-0.4, -0.2) is 47.6 Å². The smallest absolute Gasteiger partial charge is 0.336 e. The number of nitrogens with zero attached hydrogens (tertiary/aromatic N) is 4. The summed E-state index contributed by atoms with van der Waals surface area (Å²) in [6, 6.07) is 14.9. The summed E-state index contributed by atoms with van der Waals surface area (Å²) < 4.78 is 8.76. The van der Waals surface area contributed by atoms with Gasteiger partial charge >= 0.3 is 5.97 Å². The van der Waals surface area contributed by atoms with E-state index >= 15 is 0 Å². The molecule has 0 aromatic heterocycles. The quantitative estimate of drug-likeness (QED) is 0.103. The summed E-state index contributed by atoms with van der Waals surface area (Å²) in [5.41, 5.74) is 4.64. The summed E-state index contributed by atoms with van der Waals surface area (Å²) in [4.78, 5) is 23.1. The highest BCUT2D eigenvalue weighted by Crippen LogP contribution is 2.45. The lowest BCUT2D eigenvalue weighted by atomic mass is 9.90. The Morgan fingerprint density at radius 3 is 2.26 bits per heavy atom. The third kappa shape index (κ3) is 5.31. The van der Waals surface area contributed by atoms with E-state index < -0.39 is 5.97 Å². The van der Waals surface area contributed by atoms with Gasteiger partial charge in [-0.25, -0.2) is 9.37 Å². The molecule has 1 heterocycles. The highest BCUT2D eigenvalue weighted by Gasteiger charge is 2.26. The van der Waals surface area contributed by atoms with Crippen molar-refractivity contribution in [3.63, 3.8) is 0 Å². The minimum absolute atomic E-state index is 0.0934. The summed E-state index contributed by atoms with van der Waals surface area (Å²) in [6.07, 6.45) is 0. The molecule has 1 N–H and O–H groups in total. The molecule has 2 aromatic carbocycles. The number of rotatable bonds is 9. The third-order valence-corrected chi connectivity index (χ3v) is 7.08. The Morgan fingerprint density at radius 1 is 0.949 bits per heavy atom. The molecular weight excluding hydrogens is 528 g/mol. The van der Waals surface area contributed by atoms with E-state index in [2.05, 4.69) is 57.5 Å². The zero-order chi connectivity index (χ0) is 28.1. The number of aromatic carboxylic acids is 1. The van der Waals surface area contributed by atoms with Crippen LogP contribution < -0.4 is 14.8 Å². The van der Waals surface area contributed by atoms with Crippen LogP contribution in [0.5, 0.6) is 0 Å². The molecule has 0 saturated carbocycles. The SMILES string of the molecule is CCN(CC)c1ccc2c(-c3ccc(N=C=S)cc3C(=O)O)c3ccc(=[N+](CC)CC)c(N=C=S)c-3oc2c1. The van der Waals surface area contributed by atoms with Crippen LogP contribution in [0.4, 0.5) is 17.1 Å². The maximum Gasteiger partial charge on any atom is 0.336 e. The molecule has 0 bridgehead atoms. The first-order valence-electron chi connectivity index (χ1n) is 12.8. The second kappa shape index (κ2) is 12.2. The zero-order valence-corrected chi connectivity index (χ0v) is 23.9. The number of carbonyl (C=O) groups is 1. The first kappa shape index (κ1) is 28.0. The molecule has 0 unspecified atom stereocenters. The fraction of sp³-hybridized carbons (Fsp3) is 0.267. The Bertz CT molecular complexity index is 1700. The van der Waals surface area contributed by atoms with E-state index in [-0.39, 0.29) is 5.56 Å². The van der Waals surface area contributed by atoms with Gasteiger partial charge in [0.05, 0.1) is 21.6 Å². The largest absolute Gasteiger partial charge is 0.478 e. The maximum atomic E-state index is 12.5. The van der Waals surface area contributed by atoms with E-state index in [1.165, 1.54) is 6.07 Å². The molecule has 0 radical (unpaired) electrons. The molecule has 0 spiro atoms. The number of fused-ring (bicyclic) bond motifs is 2. The van der Waals surface area contributed by atoms with E-state index in [0.29, 0.717) is 33.8 Å². The van der Waals surface area contributed by atoms with Crippen LogP contribution in [0.1, 0.15) is 38.1 Å². The van der Waals surface area contributed by atoms with Gasteiger partial charge in [0.15, 0.2) is 11.4 Å². The molecule has 0 fully saturated rings. The highest BCUT2D eigenvalue weighted by molar-refractivity contribution is 7.78. The molecule has 0 saturated heterocycles. The fourth-order valence-electron chi connectivity index (χ4n) is 5.02. The van der Waals surface area contributed by atoms with Gasteiger partial charge in [-0.2, -0.15) is 9.98 Å². The molecule has 2 aliphatic rings. The third-order valence-electron chi connectivity index (χ3n) is 6.89. The van der Waals surface area contributed by atoms with Crippen molar-refractivity contribution in [1.29, 1.82) is 0 Å². The van der Waals surface area contributed by atoms with Gasteiger partial charge in [0.25, 0.3) is 0 Å². The van der Waals surface area contributed by atoms with E-state index in [1.54, 1.807) is 12.1 Å². The molecule has 1 aliphatic carbocycles. The maximum absolute atomic E-state index is 12.5. The molecule has 0 amide bonds. The first-order chi connectivity index (χ1) is 18.9. The second-order valence-electron chi connectivity index (χ2n) is 8.75. The number of hydrogen-bond acceptors (Lipinski definition) is 7. The monoisotopic (exact) mass is 557 g/mol. The molecule has 2 aromatic rings. The van der Waals surface area contributed by atoms with Gasteiger partial charge in [0.1, 0.15) is 18.7 Å². The number of benzene rings is 3. The Morgan fingerprint density at radius 2 is 1.64 bits per heavy atom. The molecule has 4 rings (SSSR count). The van der Waals surface area contributed by atoms with Crippen LogP contribution in [0.3, 0.4) is 0 Å². The van der Waals surface area contributed by atoms with E-state index in [9.17, 15) is 9.90 Å². The van der Waals surface area contributed by atoms with Gasteiger partial charge in [-0.05, 0) is 88.0 Å². The van der Waals surface area contributed by atoms with E-state index in [4.69, 9.17) is 28.9 Å². The highest BCUT2D eigenvalue weighted by atomic mass is 32.1. The van der Waals surface area contributed by atoms with Crippen molar-refractivity contribution >= 4 is 68.8 Å². The molecule has 0 atom stereocenters. The van der Waals surface area contributed by atoms with Crippen molar-refractivity contribution in [3.05, 3.63) is 59.5 Å². The number of anilines is 1. The van der Waals surface area contributed by atoms with Crippen LogP contribution >= 0.6 is 24.4 Å². The molecule has 198 valence electrons. The lowest BCUT2D eigenvalue weighted by molar-refractivity contribution is 0.0697. The number of isothiocyanates is 2. The Kier molecular flexibility index (Phi) is 8.79. The van der Waals surface area contributed by atoms with Gasteiger partial charge in [0, 0.05) is 47.4 Å². The number of carboxylic acid groups (broad SMARTS) is 1. The second-order valence-corrected chi connectivity index (χ2v) is 9.12. The summed E-state index contributed by atoms with van der Waals surface area (Å²) in [5, 5.41) is 16.7. The molecule has 9 heteroatoms. The predicted octanol–water partition coefficient (Wildman–Crippen LogP) is 7.03. The Balaban J connectivity index is 2.25. The Labute approximate surface area is 237 Å². The summed E-state index contributed by atoms with van der Waals surface area (Å²) in [5.74, 6) is -0.571. The van der Waals surface area contributed by atoms with Crippen molar-refractivity contribution in [2.75, 3.05) is 31.1 Å². The molecular formula is C30H29N4O3S2+. The fourth-order valence-corrected chi connectivity index (χ4v) is 5.21. The lowest BCUT2D eigenvalue weighted by Crippen LogP contribution is -2.30. The van der Waals surface area contributed by atoms with Gasteiger partial charge < -0.3 is 14.4 Å². The van der Waals surface area contributed by atoms with Crippen LogP contribution in [0.25, 0.3) is 33.4 Å². The zero-order valence-electron chi connectivity index (χ0n) is 22.3. The van der Waals surface area contributed by atoms with Crippen LogP contribution in [0.2, 0.25) is 0 Å². The van der Waals surface area contributed by atoms with E-state index in [1.807, 2.05) is 30.3 Å². The van der Waals surface area contributed by atoms with Crippen molar-refractivity contribution < 1.29 is 14.3 Å². The predicted molar refractivity (Wildman–Crippen MR) is 165 cm³/mol. The van der Waals surface area contributed by atoms with Gasteiger partial charge in [-0.3, -0.25) is 0 Å². The van der Waals surface area contributed by atoms with Crippen LogP contribution in [-0.2, 0) is 0 Å². The normalized spacial score (nSPS) is 10.7. The minimum atomic E-state index is -1.08. The Hall–Kier alpha value is -4.00. The van der Waals surface area contributed by atoms with Crippen molar-refractivity contribution in [3.8, 4) is 22.5 Å². The number of hydrogen-bond donors (Lipinski definition) is 1. The number of carboxylic acids is 1. The summed E-state index contributed by atoms with van der Waals surface area (Å²) >= 11 is 9.76. The lowest BCUT2D eigenvalue weighted by Gasteiger charge is -2.23. The average Bonchev–Trinajstić information content (AvgIpc) is 2.94. The summed E-state index contributed by atoms with van der Waals surface area (Å²) in [6.45, 7) is 11.5. The minimum Gasteiger partial charge on any atom is -0.478 e. The standard InChI is InChI=1S/C30H28N4O3S2/c1-5-33(6-2)20-10-12-22-26(16-20)37-29-23(13-14-25(28(29)32-18-39)34(7-3)8-4)27(22)21-11-9-19(31-17-38)15-24(21)30(35)36/h9-16H,5-8H2,1-4H3/p+1. The van der Waals surface area contributed by atoms with Crippen molar-refractivity contribution in [2.45, 2.75) is 27.7 Å². The summed E-state index contributed by atoms with van der Waals surface area (Å²) in [7, 11) is 0. The van der Waals surface area contributed by atoms with Gasteiger partial charge in [0.2, 0.25) is 5.36 Å². The molecule has 39 heavy (non-hydrogen) atoms. The van der Waals surface area contributed by atoms with Crippen LogP contribution in [0, 0.1) is 0 Å². The number of aliphatic imine (C=N–C) groups is 2. The number of thiocarbonyl (C=S) groups is 2. The first-order valence-corrected chi connectivity index (χ1v) is 13.6. The topological polar surface area (TPSA) is 81.4 Å².